The fourth-order valence-electron chi connectivity index (χ4n) is 3.07. The highest BCUT2D eigenvalue weighted by atomic mass is 16.5. The Hall–Kier alpha value is -3.59. The van der Waals surface area contributed by atoms with E-state index in [4.69, 9.17) is 4.74 Å². The normalized spacial score (nSPS) is 11.3. The number of carbonyl (C=O) groups is 3. The van der Waals surface area contributed by atoms with Gasteiger partial charge in [0.15, 0.2) is 0 Å². The summed E-state index contributed by atoms with van der Waals surface area (Å²) in [7, 11) is 7.58. The number of aliphatic hydroxyl groups is 1. The minimum atomic E-state index is -1.27. The number of aliphatic hydroxyl groups excluding tert-OH is 1. The zero-order valence-corrected chi connectivity index (χ0v) is 19.7. The van der Waals surface area contributed by atoms with Gasteiger partial charge in [-0.05, 0) is 55.5 Å². The smallest absolute Gasteiger partial charge is 0.333 e. The van der Waals surface area contributed by atoms with Crippen LogP contribution in [-0.2, 0) is 14.3 Å². The van der Waals surface area contributed by atoms with E-state index in [0.29, 0.717) is 11.4 Å². The third-order valence-corrected chi connectivity index (χ3v) is 4.83. The van der Waals surface area contributed by atoms with Crippen molar-refractivity contribution >= 4 is 40.7 Å². The van der Waals surface area contributed by atoms with E-state index in [0.717, 1.165) is 16.3 Å². The molecule has 0 heterocycles. The van der Waals surface area contributed by atoms with Gasteiger partial charge in [0.05, 0.1) is 31.2 Å². The Morgan fingerprint density at radius 1 is 0.848 bits per heavy atom. The van der Waals surface area contributed by atoms with Crippen LogP contribution in [0, 0.1) is 0 Å². The lowest BCUT2D eigenvalue weighted by Crippen LogP contribution is -2.41. The van der Waals surface area contributed by atoms with E-state index in [2.05, 4.69) is 5.32 Å². The van der Waals surface area contributed by atoms with Crippen molar-refractivity contribution in [1.82, 2.24) is 0 Å². The van der Waals surface area contributed by atoms with Crippen LogP contribution in [0.15, 0.2) is 48.5 Å². The third-order valence-electron chi connectivity index (χ3n) is 4.83. The Balaban J connectivity index is 2.24. The molecule has 0 fully saturated rings. The van der Waals surface area contributed by atoms with Gasteiger partial charge in [0.2, 0.25) is 5.91 Å². The Bertz CT molecular complexity index is 942. The number of carbonyl (C=O) groups excluding carboxylic acids is 3. The molecule has 178 valence electrons. The summed E-state index contributed by atoms with van der Waals surface area (Å²) in [6.07, 6.45) is -2.02. The maximum Gasteiger partial charge on any atom is 0.333 e. The standard InChI is InChI=1S/C24H32N4O5/c1-6-33-23(31)16-21(29)15-22(30)28(20-13-11-19(12-14-20)27(4)5)24(32)25-17-7-9-18(10-8-17)26(2)3/h7-14,21,29H,6,15-16H2,1-5H3,(H,25,32)/t21-/m0/s1. The number of hydrogen-bond donors (Lipinski definition) is 2. The Morgan fingerprint density at radius 3 is 1.82 bits per heavy atom. The number of nitrogens with one attached hydrogen (secondary N) is 1. The molecule has 0 saturated heterocycles. The van der Waals surface area contributed by atoms with E-state index in [1.165, 1.54) is 0 Å². The molecule has 0 saturated carbocycles. The number of anilines is 4. The van der Waals surface area contributed by atoms with Crippen molar-refractivity contribution < 1.29 is 24.2 Å². The van der Waals surface area contributed by atoms with E-state index in [1.807, 2.05) is 50.1 Å². The van der Waals surface area contributed by atoms with Gasteiger partial charge in [-0.1, -0.05) is 0 Å². The van der Waals surface area contributed by atoms with E-state index in [9.17, 15) is 19.5 Å². The monoisotopic (exact) mass is 456 g/mol. The zero-order valence-electron chi connectivity index (χ0n) is 19.7. The lowest BCUT2D eigenvalue weighted by molar-refractivity contribution is -0.145. The SMILES string of the molecule is CCOC(=O)C[C@@H](O)CC(=O)N(C(=O)Nc1ccc(N(C)C)cc1)c1ccc(N(C)C)cc1. The highest BCUT2D eigenvalue weighted by molar-refractivity contribution is 6.18. The van der Waals surface area contributed by atoms with Gasteiger partial charge in [-0.2, -0.15) is 0 Å². The van der Waals surface area contributed by atoms with Crippen LogP contribution in [0.5, 0.6) is 0 Å². The molecule has 1 atom stereocenters. The molecule has 0 unspecified atom stereocenters. The second-order valence-corrected chi connectivity index (χ2v) is 7.88. The average molecular weight is 457 g/mol. The number of esters is 1. The van der Waals surface area contributed by atoms with Gasteiger partial charge in [-0.3, -0.25) is 9.59 Å². The van der Waals surface area contributed by atoms with Crippen LogP contribution in [0.2, 0.25) is 0 Å². The second kappa shape index (κ2) is 11.9. The number of rotatable bonds is 9. The van der Waals surface area contributed by atoms with Crippen LogP contribution < -0.4 is 20.0 Å². The molecule has 0 bridgehead atoms. The topological polar surface area (TPSA) is 102 Å². The van der Waals surface area contributed by atoms with Gasteiger partial charge >= 0.3 is 12.0 Å². The summed E-state index contributed by atoms with van der Waals surface area (Å²) in [5.41, 5.74) is 2.72. The van der Waals surface area contributed by atoms with Crippen molar-refractivity contribution in [3.63, 3.8) is 0 Å². The second-order valence-electron chi connectivity index (χ2n) is 7.88. The molecule has 0 aromatic heterocycles. The highest BCUT2D eigenvalue weighted by Crippen LogP contribution is 2.23. The van der Waals surface area contributed by atoms with Crippen LogP contribution in [0.25, 0.3) is 0 Å². The Morgan fingerprint density at radius 2 is 1.33 bits per heavy atom. The van der Waals surface area contributed by atoms with Crippen LogP contribution in [0.3, 0.4) is 0 Å². The number of hydrogen-bond acceptors (Lipinski definition) is 7. The van der Waals surface area contributed by atoms with Crippen LogP contribution in [-0.4, -0.2) is 63.9 Å². The van der Waals surface area contributed by atoms with Gasteiger partial charge < -0.3 is 25.0 Å². The maximum atomic E-state index is 13.1. The van der Waals surface area contributed by atoms with Gasteiger partial charge in [0, 0.05) is 45.3 Å². The lowest BCUT2D eigenvalue weighted by Gasteiger charge is -2.24. The van der Waals surface area contributed by atoms with Crippen molar-refractivity contribution in [2.24, 2.45) is 0 Å². The Kier molecular flexibility index (Phi) is 9.23. The fraction of sp³-hybridized carbons (Fsp3) is 0.375. The first-order valence-electron chi connectivity index (χ1n) is 10.6. The van der Waals surface area contributed by atoms with E-state index < -0.39 is 30.4 Å². The van der Waals surface area contributed by atoms with Crippen molar-refractivity contribution in [2.75, 3.05) is 54.8 Å². The molecule has 0 aliphatic rings. The fourth-order valence-corrected chi connectivity index (χ4v) is 3.07. The molecule has 0 radical (unpaired) electrons. The number of nitrogens with zero attached hydrogens (tertiary/aromatic N) is 3. The zero-order chi connectivity index (χ0) is 24.5. The first-order valence-corrected chi connectivity index (χ1v) is 10.6. The average Bonchev–Trinajstić information content (AvgIpc) is 2.74. The van der Waals surface area contributed by atoms with Crippen molar-refractivity contribution in [1.29, 1.82) is 0 Å². The molecule has 2 N–H and O–H groups in total. The third kappa shape index (κ3) is 7.50. The molecule has 2 aromatic carbocycles. The van der Waals surface area contributed by atoms with Crippen LogP contribution in [0.1, 0.15) is 19.8 Å². The van der Waals surface area contributed by atoms with Gasteiger partial charge in [-0.25, -0.2) is 9.69 Å². The molecular formula is C24H32N4O5. The molecule has 0 aliphatic heterocycles. The predicted molar refractivity (Wildman–Crippen MR) is 130 cm³/mol. The Labute approximate surface area is 194 Å². The van der Waals surface area contributed by atoms with E-state index in [-0.39, 0.29) is 13.0 Å². The van der Waals surface area contributed by atoms with Gasteiger partial charge in [0.1, 0.15) is 0 Å². The molecule has 33 heavy (non-hydrogen) atoms. The quantitative estimate of drug-likeness (QED) is 0.559. The summed E-state index contributed by atoms with van der Waals surface area (Å²) < 4.78 is 4.82. The van der Waals surface area contributed by atoms with E-state index >= 15 is 0 Å². The first-order chi connectivity index (χ1) is 15.6. The molecule has 2 aromatic rings. The number of imide groups is 1. The first kappa shape index (κ1) is 25.7. The largest absolute Gasteiger partial charge is 0.466 e. The summed E-state index contributed by atoms with van der Waals surface area (Å²) in [6.45, 7) is 1.84. The summed E-state index contributed by atoms with van der Waals surface area (Å²) in [4.78, 5) is 42.5. The van der Waals surface area contributed by atoms with Crippen molar-refractivity contribution in [2.45, 2.75) is 25.9 Å². The van der Waals surface area contributed by atoms with Crippen molar-refractivity contribution in [3.05, 3.63) is 48.5 Å². The minimum absolute atomic E-state index is 0.179. The molecule has 3 amide bonds. The molecule has 0 spiro atoms. The summed E-state index contributed by atoms with van der Waals surface area (Å²) in [6, 6.07) is 13.4. The summed E-state index contributed by atoms with van der Waals surface area (Å²) in [5, 5.41) is 12.9. The molecular weight excluding hydrogens is 424 g/mol. The molecule has 2 rings (SSSR count). The van der Waals surface area contributed by atoms with E-state index in [1.54, 1.807) is 43.3 Å². The van der Waals surface area contributed by atoms with Crippen molar-refractivity contribution in [3.8, 4) is 0 Å². The number of urea groups is 1. The number of amides is 3. The van der Waals surface area contributed by atoms with Crippen LogP contribution >= 0.6 is 0 Å². The van der Waals surface area contributed by atoms with Gasteiger partial charge in [0.25, 0.3) is 0 Å². The molecule has 0 aliphatic carbocycles. The summed E-state index contributed by atoms with van der Waals surface area (Å²) in [5.74, 6) is -1.25. The highest BCUT2D eigenvalue weighted by Gasteiger charge is 2.27. The molecule has 9 heteroatoms. The number of ether oxygens (including phenoxy) is 1. The lowest BCUT2D eigenvalue weighted by atomic mass is 10.1. The molecule has 9 nitrogen and oxygen atoms in total. The summed E-state index contributed by atoms with van der Waals surface area (Å²) >= 11 is 0. The number of benzene rings is 2. The predicted octanol–water partition coefficient (Wildman–Crippen LogP) is 3.09. The van der Waals surface area contributed by atoms with Crippen LogP contribution in [0.4, 0.5) is 27.5 Å². The van der Waals surface area contributed by atoms with Gasteiger partial charge in [-0.15, -0.1) is 0 Å². The maximum absolute atomic E-state index is 13.1. The minimum Gasteiger partial charge on any atom is -0.466 e.